The molecule has 14 heavy (non-hydrogen) atoms. The average Bonchev–Trinajstić information content (AvgIpc) is 2.63. The van der Waals surface area contributed by atoms with E-state index in [4.69, 9.17) is 19.8 Å². The molecule has 0 bridgehead atoms. The summed E-state index contributed by atoms with van der Waals surface area (Å²) in [5, 5.41) is 9.01. The van der Waals surface area contributed by atoms with Crippen molar-refractivity contribution in [2.24, 2.45) is 0 Å². The van der Waals surface area contributed by atoms with Gasteiger partial charge < -0.3 is 0 Å². The van der Waals surface area contributed by atoms with Gasteiger partial charge in [-0.15, -0.1) is 0 Å². The molecule has 0 aromatic heterocycles. The summed E-state index contributed by atoms with van der Waals surface area (Å²) in [4.78, 5) is 9.67. The molecule has 4 heteroatoms. The fourth-order valence-electron chi connectivity index (χ4n) is 1.29. The first kappa shape index (κ1) is 9.16. The van der Waals surface area contributed by atoms with Crippen molar-refractivity contribution >= 4 is 0 Å². The van der Waals surface area contributed by atoms with Crippen LogP contribution in [0.1, 0.15) is 12.5 Å². The third-order valence-electron chi connectivity index (χ3n) is 1.93. The van der Waals surface area contributed by atoms with Crippen LogP contribution < -0.4 is 0 Å². The van der Waals surface area contributed by atoms with Gasteiger partial charge in [0.25, 0.3) is 0 Å². The smallest absolute Gasteiger partial charge is 0.300 e. The van der Waals surface area contributed by atoms with E-state index in [2.05, 4.69) is 0 Å². The summed E-state index contributed by atoms with van der Waals surface area (Å²) in [6.07, 6.45) is -0.533. The van der Waals surface area contributed by atoms with E-state index in [1.807, 2.05) is 24.3 Å². The zero-order chi connectivity index (χ0) is 10.0. The number of benzene rings is 1. The molecule has 0 aliphatic carbocycles. The van der Waals surface area contributed by atoms with Crippen molar-refractivity contribution in [1.29, 1.82) is 5.26 Å². The van der Waals surface area contributed by atoms with Crippen molar-refractivity contribution in [2.45, 2.75) is 19.0 Å². The molecule has 1 heterocycles. The van der Waals surface area contributed by atoms with Crippen LogP contribution in [0, 0.1) is 11.3 Å². The van der Waals surface area contributed by atoms with Crippen LogP contribution in [-0.2, 0) is 20.3 Å². The van der Waals surface area contributed by atoms with Gasteiger partial charge in [-0.2, -0.15) is 10.1 Å². The lowest BCUT2D eigenvalue weighted by molar-refractivity contribution is -0.317. The van der Waals surface area contributed by atoms with Gasteiger partial charge in [-0.1, -0.05) is 30.3 Å². The summed E-state index contributed by atoms with van der Waals surface area (Å²) in [6, 6.07) is 10.9. The van der Waals surface area contributed by atoms with Crippen LogP contribution in [0.25, 0.3) is 0 Å². The first-order valence-electron chi connectivity index (χ1n) is 4.26. The number of ether oxygens (including phenoxy) is 1. The van der Waals surface area contributed by atoms with Gasteiger partial charge in [-0.25, -0.2) is 4.89 Å². The number of hydrogen-bond acceptors (Lipinski definition) is 4. The first-order chi connectivity index (χ1) is 6.77. The van der Waals surface area contributed by atoms with Crippen molar-refractivity contribution in [3.8, 4) is 6.07 Å². The van der Waals surface area contributed by atoms with Crippen LogP contribution in [0.3, 0.4) is 0 Å². The summed E-state index contributed by atoms with van der Waals surface area (Å²) in [5.74, 6) is -1.42. The molecule has 2 rings (SSSR count). The van der Waals surface area contributed by atoms with E-state index >= 15 is 0 Å². The molecule has 0 amide bonds. The van der Waals surface area contributed by atoms with E-state index < -0.39 is 12.1 Å². The van der Waals surface area contributed by atoms with Crippen LogP contribution in [0.5, 0.6) is 0 Å². The molecule has 72 valence electrons. The van der Waals surface area contributed by atoms with E-state index in [0.717, 1.165) is 0 Å². The van der Waals surface area contributed by atoms with E-state index in [0.29, 0.717) is 5.56 Å². The van der Waals surface area contributed by atoms with E-state index in [9.17, 15) is 0 Å². The molecule has 4 nitrogen and oxygen atoms in total. The molecule has 0 radical (unpaired) electrons. The third kappa shape index (κ3) is 1.38. The molecule has 1 aliphatic heterocycles. The van der Waals surface area contributed by atoms with Crippen LogP contribution in [0.15, 0.2) is 30.3 Å². The molecule has 2 atom stereocenters. The highest BCUT2D eigenvalue weighted by molar-refractivity contribution is 5.26. The minimum atomic E-state index is -1.42. The Kier molecular flexibility index (Phi) is 2.22. The fraction of sp³-hybridized carbons (Fsp3) is 0.300. The van der Waals surface area contributed by atoms with Crippen LogP contribution in [-0.4, -0.2) is 6.29 Å². The lowest BCUT2D eigenvalue weighted by Crippen LogP contribution is -2.25. The van der Waals surface area contributed by atoms with E-state index in [-0.39, 0.29) is 0 Å². The Labute approximate surface area is 81.5 Å². The first-order valence-corrected chi connectivity index (χ1v) is 4.26. The van der Waals surface area contributed by atoms with E-state index in [1.54, 1.807) is 19.1 Å². The van der Waals surface area contributed by atoms with Crippen LogP contribution in [0.4, 0.5) is 0 Å². The second-order valence-corrected chi connectivity index (χ2v) is 2.96. The summed E-state index contributed by atoms with van der Waals surface area (Å²) >= 11 is 0. The topological polar surface area (TPSA) is 51.5 Å². The zero-order valence-corrected chi connectivity index (χ0v) is 7.64. The normalized spacial score (nSPS) is 31.3. The van der Waals surface area contributed by atoms with Gasteiger partial charge in [-0.05, 0) is 6.92 Å². The molecule has 1 aromatic rings. The molecular formula is C10H9NO3. The van der Waals surface area contributed by atoms with Gasteiger partial charge in [-0.3, -0.25) is 4.74 Å². The molecule has 0 N–H and O–H groups in total. The predicted molar refractivity (Wildman–Crippen MR) is 46.5 cm³/mol. The Morgan fingerprint density at radius 3 is 2.57 bits per heavy atom. The number of nitriles is 1. The zero-order valence-electron chi connectivity index (χ0n) is 7.64. The van der Waals surface area contributed by atoms with Gasteiger partial charge in [0.1, 0.15) is 6.07 Å². The Bertz CT molecular complexity index is 359. The minimum Gasteiger partial charge on any atom is -0.300 e. The van der Waals surface area contributed by atoms with Crippen LogP contribution >= 0.6 is 0 Å². The number of rotatable bonds is 1. The highest BCUT2D eigenvalue weighted by Gasteiger charge is 2.44. The Morgan fingerprint density at radius 2 is 2.07 bits per heavy atom. The highest BCUT2D eigenvalue weighted by Crippen LogP contribution is 2.33. The molecule has 1 fully saturated rings. The number of hydrogen-bond donors (Lipinski definition) is 0. The van der Waals surface area contributed by atoms with Gasteiger partial charge >= 0.3 is 5.79 Å². The summed E-state index contributed by atoms with van der Waals surface area (Å²) in [7, 11) is 0. The highest BCUT2D eigenvalue weighted by atomic mass is 17.3. The number of nitrogens with zero attached hydrogens (tertiary/aromatic N) is 1. The third-order valence-corrected chi connectivity index (χ3v) is 1.93. The lowest BCUT2D eigenvalue weighted by atomic mass is 10.1. The molecule has 1 aliphatic rings. The average molecular weight is 191 g/mol. The maximum atomic E-state index is 9.01. The minimum absolute atomic E-state index is 0.533. The summed E-state index contributed by atoms with van der Waals surface area (Å²) in [5.41, 5.74) is 0.631. The van der Waals surface area contributed by atoms with Crippen molar-refractivity contribution in [2.75, 3.05) is 0 Å². The monoisotopic (exact) mass is 191 g/mol. The molecule has 0 spiro atoms. The molecule has 2 unspecified atom stereocenters. The second kappa shape index (κ2) is 3.39. The van der Waals surface area contributed by atoms with E-state index in [1.165, 1.54) is 0 Å². The van der Waals surface area contributed by atoms with Crippen molar-refractivity contribution in [3.05, 3.63) is 35.9 Å². The summed E-state index contributed by atoms with van der Waals surface area (Å²) in [6.45, 7) is 1.67. The predicted octanol–water partition coefficient (Wildman–Crippen LogP) is 1.69. The van der Waals surface area contributed by atoms with Gasteiger partial charge in [0.15, 0.2) is 6.29 Å². The largest absolute Gasteiger partial charge is 0.318 e. The van der Waals surface area contributed by atoms with Gasteiger partial charge in [0, 0.05) is 5.56 Å². The Morgan fingerprint density at radius 1 is 1.36 bits per heavy atom. The Hall–Kier alpha value is -1.41. The maximum Gasteiger partial charge on any atom is 0.318 e. The second-order valence-electron chi connectivity index (χ2n) is 2.96. The molecule has 1 aromatic carbocycles. The summed E-state index contributed by atoms with van der Waals surface area (Å²) < 4.78 is 5.28. The standard InChI is InChI=1S/C10H9NO3/c1-8-12-10(7-11,14-13-8)9-5-3-2-4-6-9/h2-6,8H,1H3. The molecular weight excluding hydrogens is 182 g/mol. The van der Waals surface area contributed by atoms with Crippen LogP contribution in [0.2, 0.25) is 0 Å². The van der Waals surface area contributed by atoms with Crippen molar-refractivity contribution < 1.29 is 14.5 Å². The SMILES string of the molecule is CC1OOC(C#N)(c2ccccc2)O1. The lowest BCUT2D eigenvalue weighted by Gasteiger charge is -2.15. The quantitative estimate of drug-likeness (QED) is 0.634. The maximum absolute atomic E-state index is 9.01. The Balaban J connectivity index is 2.36. The van der Waals surface area contributed by atoms with Gasteiger partial charge in [0.2, 0.25) is 0 Å². The molecule has 1 saturated heterocycles. The van der Waals surface area contributed by atoms with Crippen molar-refractivity contribution in [1.82, 2.24) is 0 Å². The fourth-order valence-corrected chi connectivity index (χ4v) is 1.29. The molecule has 0 saturated carbocycles. The van der Waals surface area contributed by atoms with Gasteiger partial charge in [0.05, 0.1) is 0 Å². The van der Waals surface area contributed by atoms with Crippen molar-refractivity contribution in [3.63, 3.8) is 0 Å².